The van der Waals surface area contributed by atoms with Gasteiger partial charge < -0.3 is 4.74 Å². The van der Waals surface area contributed by atoms with Gasteiger partial charge in [0.25, 0.3) is 0 Å². The van der Waals surface area contributed by atoms with Crippen LogP contribution in [-0.2, 0) is 4.74 Å². The van der Waals surface area contributed by atoms with E-state index in [1.807, 2.05) is 0 Å². The van der Waals surface area contributed by atoms with Crippen molar-refractivity contribution in [3.05, 3.63) is 39.4 Å². The van der Waals surface area contributed by atoms with Gasteiger partial charge >= 0.3 is 11.7 Å². The third-order valence-electron chi connectivity index (χ3n) is 1.71. The lowest BCUT2D eigenvalue weighted by Crippen LogP contribution is -2.10. The molecule has 7 heteroatoms. The predicted octanol–water partition coefficient (Wildman–Crippen LogP) is 2.05. The first-order valence-electron chi connectivity index (χ1n) is 4.28. The Morgan fingerprint density at radius 3 is 2.62 bits per heavy atom. The van der Waals surface area contributed by atoms with Gasteiger partial charge in [0.2, 0.25) is 5.82 Å². The Balaban J connectivity index is 3.35. The second-order valence-corrected chi connectivity index (χ2v) is 2.76. The monoisotopic (exact) mass is 231 g/mol. The van der Waals surface area contributed by atoms with Crippen LogP contribution >= 0.6 is 0 Å². The number of halogens is 2. The van der Waals surface area contributed by atoms with Gasteiger partial charge in [-0.3, -0.25) is 10.1 Å². The summed E-state index contributed by atoms with van der Waals surface area (Å²) in [6.45, 7) is 1.42. The molecule has 0 saturated heterocycles. The number of ether oxygens (including phenoxy) is 1. The molecule has 0 atom stereocenters. The van der Waals surface area contributed by atoms with Crippen LogP contribution in [-0.4, -0.2) is 17.5 Å². The summed E-state index contributed by atoms with van der Waals surface area (Å²) in [5.41, 5.74) is -1.82. The number of nitrogens with zero attached hydrogens (tertiary/aromatic N) is 1. The molecular formula is C9H7F2NO4. The average Bonchev–Trinajstić information content (AvgIpc) is 2.15. The number of nitro benzene ring substituents is 1. The van der Waals surface area contributed by atoms with Crippen molar-refractivity contribution >= 4 is 11.7 Å². The summed E-state index contributed by atoms with van der Waals surface area (Å²) in [7, 11) is 0. The van der Waals surface area contributed by atoms with E-state index in [2.05, 4.69) is 4.74 Å². The molecule has 0 radical (unpaired) electrons. The summed E-state index contributed by atoms with van der Waals surface area (Å²) in [6, 6.07) is 0.903. The third kappa shape index (κ3) is 2.30. The maximum atomic E-state index is 13.1. The molecule has 5 nitrogen and oxygen atoms in total. The van der Waals surface area contributed by atoms with Crippen LogP contribution in [0.1, 0.15) is 17.3 Å². The highest BCUT2D eigenvalue weighted by Gasteiger charge is 2.27. The molecule has 0 aliphatic heterocycles. The van der Waals surface area contributed by atoms with Gasteiger partial charge in [-0.05, 0) is 13.0 Å². The number of carbonyl (C=O) groups is 1. The lowest BCUT2D eigenvalue weighted by atomic mass is 10.1. The van der Waals surface area contributed by atoms with E-state index in [-0.39, 0.29) is 6.61 Å². The van der Waals surface area contributed by atoms with Crippen molar-refractivity contribution < 1.29 is 23.2 Å². The minimum atomic E-state index is -1.41. The number of rotatable bonds is 3. The predicted molar refractivity (Wildman–Crippen MR) is 49.0 cm³/mol. The number of hydrogen-bond donors (Lipinski definition) is 0. The Morgan fingerprint density at radius 1 is 1.50 bits per heavy atom. The molecular weight excluding hydrogens is 224 g/mol. The van der Waals surface area contributed by atoms with Crippen molar-refractivity contribution in [1.82, 2.24) is 0 Å². The summed E-state index contributed by atoms with van der Waals surface area (Å²) in [5, 5.41) is 10.5. The van der Waals surface area contributed by atoms with Crippen molar-refractivity contribution in [3.63, 3.8) is 0 Å². The maximum absolute atomic E-state index is 13.1. The molecule has 1 rings (SSSR count). The van der Waals surface area contributed by atoms with Crippen LogP contribution in [0, 0.1) is 21.7 Å². The molecule has 0 N–H and O–H groups in total. The molecule has 0 aromatic heterocycles. The molecule has 86 valence electrons. The Hall–Kier alpha value is -2.05. The van der Waals surface area contributed by atoms with Crippen molar-refractivity contribution in [1.29, 1.82) is 0 Å². The first kappa shape index (κ1) is 12.0. The Morgan fingerprint density at radius 2 is 2.12 bits per heavy atom. The Bertz CT molecular complexity index is 447. The number of nitro groups is 1. The summed E-state index contributed by atoms with van der Waals surface area (Å²) < 4.78 is 30.3. The molecule has 0 unspecified atom stereocenters. The van der Waals surface area contributed by atoms with Crippen LogP contribution in [0.2, 0.25) is 0 Å². The second-order valence-electron chi connectivity index (χ2n) is 2.76. The topological polar surface area (TPSA) is 69.4 Å². The fraction of sp³-hybridized carbons (Fsp3) is 0.222. The van der Waals surface area contributed by atoms with Gasteiger partial charge in [-0.1, -0.05) is 0 Å². The van der Waals surface area contributed by atoms with Crippen molar-refractivity contribution in [3.8, 4) is 0 Å². The van der Waals surface area contributed by atoms with E-state index >= 15 is 0 Å². The Kier molecular flexibility index (Phi) is 3.49. The van der Waals surface area contributed by atoms with E-state index in [1.165, 1.54) is 6.92 Å². The molecule has 1 aromatic carbocycles. The second kappa shape index (κ2) is 4.65. The van der Waals surface area contributed by atoms with Gasteiger partial charge in [-0.15, -0.1) is 0 Å². The minimum Gasteiger partial charge on any atom is -0.462 e. The van der Waals surface area contributed by atoms with Crippen molar-refractivity contribution in [2.24, 2.45) is 0 Å². The fourth-order valence-electron chi connectivity index (χ4n) is 1.12. The van der Waals surface area contributed by atoms with E-state index in [0.717, 1.165) is 0 Å². The lowest BCUT2D eigenvalue weighted by Gasteiger charge is -2.03. The zero-order chi connectivity index (χ0) is 12.3. The van der Waals surface area contributed by atoms with Crippen molar-refractivity contribution in [2.75, 3.05) is 6.61 Å². The van der Waals surface area contributed by atoms with Crippen molar-refractivity contribution in [2.45, 2.75) is 6.92 Å². The molecule has 1 aromatic rings. The van der Waals surface area contributed by atoms with Gasteiger partial charge in [0.1, 0.15) is 11.4 Å². The molecule has 0 spiro atoms. The fourth-order valence-corrected chi connectivity index (χ4v) is 1.12. The number of esters is 1. The van der Waals surface area contributed by atoms with E-state index < -0.39 is 33.8 Å². The zero-order valence-corrected chi connectivity index (χ0v) is 8.20. The molecule has 0 aliphatic carbocycles. The molecule has 0 aliphatic rings. The van der Waals surface area contributed by atoms with Crippen LogP contribution in [0.25, 0.3) is 0 Å². The average molecular weight is 231 g/mol. The third-order valence-corrected chi connectivity index (χ3v) is 1.71. The SMILES string of the molecule is CCOC(=O)c1cc(F)cc(F)c1[N+](=O)[O-]. The number of hydrogen-bond acceptors (Lipinski definition) is 4. The van der Waals surface area contributed by atoms with Gasteiger partial charge in [-0.2, -0.15) is 4.39 Å². The normalized spacial score (nSPS) is 9.94. The highest BCUT2D eigenvalue weighted by Crippen LogP contribution is 2.24. The molecule has 0 heterocycles. The largest absolute Gasteiger partial charge is 0.462 e. The molecule has 0 amide bonds. The van der Waals surface area contributed by atoms with Crippen LogP contribution in [0.15, 0.2) is 12.1 Å². The van der Waals surface area contributed by atoms with E-state index in [0.29, 0.717) is 12.1 Å². The van der Waals surface area contributed by atoms with Gasteiger partial charge in [0.15, 0.2) is 0 Å². The molecule has 0 fully saturated rings. The highest BCUT2D eigenvalue weighted by atomic mass is 19.1. The first-order chi connectivity index (χ1) is 7.47. The van der Waals surface area contributed by atoms with Crippen LogP contribution in [0.3, 0.4) is 0 Å². The standard InChI is InChI=1S/C9H7F2NO4/c1-2-16-9(13)6-3-5(10)4-7(11)8(6)12(14)15/h3-4H,2H2,1H3. The van der Waals surface area contributed by atoms with E-state index in [9.17, 15) is 23.7 Å². The molecule has 0 bridgehead atoms. The summed E-state index contributed by atoms with van der Waals surface area (Å²) >= 11 is 0. The highest BCUT2D eigenvalue weighted by molar-refractivity contribution is 5.94. The number of carbonyl (C=O) groups excluding carboxylic acids is 1. The summed E-state index contributed by atoms with van der Waals surface area (Å²) in [4.78, 5) is 20.6. The van der Waals surface area contributed by atoms with Gasteiger partial charge in [0.05, 0.1) is 11.5 Å². The number of benzene rings is 1. The van der Waals surface area contributed by atoms with Crippen LogP contribution < -0.4 is 0 Å². The van der Waals surface area contributed by atoms with E-state index in [1.54, 1.807) is 0 Å². The van der Waals surface area contributed by atoms with E-state index in [4.69, 9.17) is 0 Å². The zero-order valence-electron chi connectivity index (χ0n) is 8.20. The van der Waals surface area contributed by atoms with Crippen LogP contribution in [0.5, 0.6) is 0 Å². The molecule has 0 saturated carbocycles. The minimum absolute atomic E-state index is 0.0475. The Labute approximate surface area is 88.8 Å². The van der Waals surface area contributed by atoms with Gasteiger partial charge in [0, 0.05) is 6.07 Å². The quantitative estimate of drug-likeness (QED) is 0.453. The van der Waals surface area contributed by atoms with Gasteiger partial charge in [-0.25, -0.2) is 9.18 Å². The first-order valence-corrected chi connectivity index (χ1v) is 4.28. The lowest BCUT2D eigenvalue weighted by molar-refractivity contribution is -0.387. The smallest absolute Gasteiger partial charge is 0.345 e. The van der Waals surface area contributed by atoms with Crippen LogP contribution in [0.4, 0.5) is 14.5 Å². The molecule has 16 heavy (non-hydrogen) atoms. The summed E-state index contributed by atoms with van der Waals surface area (Å²) in [5.74, 6) is -3.62. The maximum Gasteiger partial charge on any atom is 0.345 e. The summed E-state index contributed by atoms with van der Waals surface area (Å²) in [6.07, 6.45) is 0.